The molecular formula is C16H17BrO3. The van der Waals surface area contributed by atoms with Crippen LogP contribution >= 0.6 is 15.9 Å². The number of benzene rings is 2. The molecule has 0 aliphatic carbocycles. The van der Waals surface area contributed by atoms with E-state index in [2.05, 4.69) is 15.9 Å². The Balaban J connectivity index is 2.20. The Morgan fingerprint density at radius 3 is 2.55 bits per heavy atom. The fraction of sp³-hybridized carbons (Fsp3) is 0.312. The van der Waals surface area contributed by atoms with Crippen molar-refractivity contribution in [2.45, 2.75) is 26.4 Å². The van der Waals surface area contributed by atoms with Gasteiger partial charge in [-0.2, -0.15) is 0 Å². The van der Waals surface area contributed by atoms with Crippen LogP contribution in [0, 0.1) is 0 Å². The SMILES string of the molecule is CCOC(=O)C(CC)Oc1ccc2cc(Br)ccc2c1. The van der Waals surface area contributed by atoms with E-state index in [-0.39, 0.29) is 5.97 Å². The molecule has 2 aromatic rings. The molecule has 0 bridgehead atoms. The Morgan fingerprint density at radius 2 is 1.85 bits per heavy atom. The average molecular weight is 337 g/mol. The van der Waals surface area contributed by atoms with Crippen molar-refractivity contribution in [3.05, 3.63) is 40.9 Å². The molecule has 0 saturated heterocycles. The minimum Gasteiger partial charge on any atom is -0.479 e. The van der Waals surface area contributed by atoms with Crippen molar-refractivity contribution in [2.75, 3.05) is 6.61 Å². The van der Waals surface area contributed by atoms with E-state index in [9.17, 15) is 4.79 Å². The van der Waals surface area contributed by atoms with E-state index in [0.29, 0.717) is 18.8 Å². The number of hydrogen-bond donors (Lipinski definition) is 0. The molecule has 0 aromatic heterocycles. The Hall–Kier alpha value is -1.55. The van der Waals surface area contributed by atoms with Crippen molar-refractivity contribution in [1.82, 2.24) is 0 Å². The molecule has 0 aliphatic rings. The van der Waals surface area contributed by atoms with Gasteiger partial charge in [-0.25, -0.2) is 4.79 Å². The van der Waals surface area contributed by atoms with E-state index in [4.69, 9.17) is 9.47 Å². The monoisotopic (exact) mass is 336 g/mol. The number of ether oxygens (including phenoxy) is 2. The summed E-state index contributed by atoms with van der Waals surface area (Å²) in [6.07, 6.45) is 0.0276. The fourth-order valence-electron chi connectivity index (χ4n) is 1.97. The summed E-state index contributed by atoms with van der Waals surface area (Å²) in [5, 5.41) is 2.19. The number of esters is 1. The summed E-state index contributed by atoms with van der Waals surface area (Å²) in [6.45, 7) is 4.06. The van der Waals surface area contributed by atoms with Crippen molar-refractivity contribution < 1.29 is 14.3 Å². The van der Waals surface area contributed by atoms with Gasteiger partial charge >= 0.3 is 5.97 Å². The van der Waals surface area contributed by atoms with Crippen LogP contribution in [0.2, 0.25) is 0 Å². The summed E-state index contributed by atoms with van der Waals surface area (Å²) >= 11 is 3.45. The zero-order chi connectivity index (χ0) is 14.5. The van der Waals surface area contributed by atoms with Crippen LogP contribution in [-0.2, 0) is 9.53 Å². The van der Waals surface area contributed by atoms with Gasteiger partial charge < -0.3 is 9.47 Å². The summed E-state index contributed by atoms with van der Waals surface area (Å²) < 4.78 is 11.8. The molecule has 4 heteroatoms. The van der Waals surface area contributed by atoms with Gasteiger partial charge in [0, 0.05) is 4.47 Å². The molecule has 1 unspecified atom stereocenters. The molecule has 3 nitrogen and oxygen atoms in total. The summed E-state index contributed by atoms with van der Waals surface area (Å²) in [5.41, 5.74) is 0. The number of hydrogen-bond acceptors (Lipinski definition) is 3. The van der Waals surface area contributed by atoms with Crippen molar-refractivity contribution >= 4 is 32.7 Å². The number of carbonyl (C=O) groups is 1. The predicted molar refractivity (Wildman–Crippen MR) is 83.0 cm³/mol. The second-order valence-electron chi connectivity index (χ2n) is 4.42. The molecule has 106 valence electrons. The molecule has 1 atom stereocenters. The third-order valence-electron chi connectivity index (χ3n) is 2.97. The molecule has 0 saturated carbocycles. The van der Waals surface area contributed by atoms with E-state index in [1.54, 1.807) is 6.92 Å². The molecule has 0 amide bonds. The fourth-order valence-corrected chi connectivity index (χ4v) is 2.34. The van der Waals surface area contributed by atoms with Crippen LogP contribution in [0.1, 0.15) is 20.3 Å². The van der Waals surface area contributed by atoms with E-state index >= 15 is 0 Å². The second kappa shape index (κ2) is 6.75. The lowest BCUT2D eigenvalue weighted by molar-refractivity contribution is -0.151. The van der Waals surface area contributed by atoms with Crippen LogP contribution in [0.25, 0.3) is 10.8 Å². The summed E-state index contributed by atoms with van der Waals surface area (Å²) in [6, 6.07) is 11.8. The highest BCUT2D eigenvalue weighted by atomic mass is 79.9. The Kier molecular flexibility index (Phi) is 5.01. The normalized spacial score (nSPS) is 12.2. The lowest BCUT2D eigenvalue weighted by Gasteiger charge is -2.16. The molecule has 2 rings (SSSR count). The minimum atomic E-state index is -0.553. The molecule has 0 radical (unpaired) electrons. The van der Waals surface area contributed by atoms with Gasteiger partial charge in [-0.3, -0.25) is 0 Å². The van der Waals surface area contributed by atoms with Crippen LogP contribution in [-0.4, -0.2) is 18.7 Å². The van der Waals surface area contributed by atoms with Crippen LogP contribution in [0.4, 0.5) is 0 Å². The van der Waals surface area contributed by atoms with Crippen molar-refractivity contribution in [2.24, 2.45) is 0 Å². The van der Waals surface area contributed by atoms with Gasteiger partial charge in [0.05, 0.1) is 6.61 Å². The van der Waals surface area contributed by atoms with E-state index in [1.165, 1.54) is 0 Å². The molecule has 2 aromatic carbocycles. The topological polar surface area (TPSA) is 35.5 Å². The first-order chi connectivity index (χ1) is 9.63. The van der Waals surface area contributed by atoms with Crippen LogP contribution in [0.3, 0.4) is 0 Å². The summed E-state index contributed by atoms with van der Waals surface area (Å²) in [4.78, 5) is 11.7. The molecule has 0 aliphatic heterocycles. The third-order valence-corrected chi connectivity index (χ3v) is 3.47. The number of fused-ring (bicyclic) bond motifs is 1. The Bertz CT molecular complexity index is 610. The van der Waals surface area contributed by atoms with E-state index < -0.39 is 6.10 Å². The largest absolute Gasteiger partial charge is 0.479 e. The third kappa shape index (κ3) is 3.51. The van der Waals surface area contributed by atoms with Gasteiger partial charge in [-0.1, -0.05) is 35.0 Å². The van der Waals surface area contributed by atoms with Gasteiger partial charge in [0.15, 0.2) is 6.10 Å². The van der Waals surface area contributed by atoms with Gasteiger partial charge in [-0.15, -0.1) is 0 Å². The van der Waals surface area contributed by atoms with Crippen molar-refractivity contribution in [3.8, 4) is 5.75 Å². The second-order valence-corrected chi connectivity index (χ2v) is 5.34. The van der Waals surface area contributed by atoms with Crippen molar-refractivity contribution in [3.63, 3.8) is 0 Å². The summed E-state index contributed by atoms with van der Waals surface area (Å²) in [7, 11) is 0. The van der Waals surface area contributed by atoms with Gasteiger partial charge in [-0.05, 0) is 48.4 Å². The highest BCUT2D eigenvalue weighted by Crippen LogP contribution is 2.25. The van der Waals surface area contributed by atoms with Crippen molar-refractivity contribution in [1.29, 1.82) is 0 Å². The first-order valence-corrected chi connectivity index (χ1v) is 7.46. The number of rotatable bonds is 5. The van der Waals surface area contributed by atoms with E-state index in [1.807, 2.05) is 43.3 Å². The minimum absolute atomic E-state index is 0.314. The maximum Gasteiger partial charge on any atom is 0.347 e. The lowest BCUT2D eigenvalue weighted by Crippen LogP contribution is -2.28. The summed E-state index contributed by atoms with van der Waals surface area (Å²) in [5.74, 6) is 0.366. The standard InChI is InChI=1S/C16H17BrO3/c1-3-15(16(18)19-4-2)20-14-8-6-11-9-13(17)7-5-12(11)10-14/h5-10,15H,3-4H2,1-2H3. The first-order valence-electron chi connectivity index (χ1n) is 6.66. The Labute approximate surface area is 127 Å². The molecule has 0 fully saturated rings. The average Bonchev–Trinajstić information content (AvgIpc) is 2.45. The molecular weight excluding hydrogens is 320 g/mol. The smallest absolute Gasteiger partial charge is 0.347 e. The quantitative estimate of drug-likeness (QED) is 0.762. The Morgan fingerprint density at radius 1 is 1.15 bits per heavy atom. The highest BCUT2D eigenvalue weighted by molar-refractivity contribution is 9.10. The lowest BCUT2D eigenvalue weighted by atomic mass is 10.1. The van der Waals surface area contributed by atoms with Gasteiger partial charge in [0.1, 0.15) is 5.75 Å². The maximum absolute atomic E-state index is 11.7. The molecule has 0 spiro atoms. The number of halogens is 1. The van der Waals surface area contributed by atoms with Crippen LogP contribution in [0.5, 0.6) is 5.75 Å². The molecule has 20 heavy (non-hydrogen) atoms. The molecule has 0 N–H and O–H groups in total. The van der Waals surface area contributed by atoms with Crippen LogP contribution in [0.15, 0.2) is 40.9 Å². The first kappa shape index (κ1) is 14.9. The zero-order valence-electron chi connectivity index (χ0n) is 11.6. The van der Waals surface area contributed by atoms with Crippen LogP contribution < -0.4 is 4.74 Å². The number of carbonyl (C=O) groups excluding carboxylic acids is 1. The maximum atomic E-state index is 11.7. The highest BCUT2D eigenvalue weighted by Gasteiger charge is 2.19. The van der Waals surface area contributed by atoms with E-state index in [0.717, 1.165) is 15.2 Å². The molecule has 0 heterocycles. The van der Waals surface area contributed by atoms with Gasteiger partial charge in [0.2, 0.25) is 0 Å². The zero-order valence-corrected chi connectivity index (χ0v) is 13.1. The van der Waals surface area contributed by atoms with Gasteiger partial charge in [0.25, 0.3) is 0 Å². The predicted octanol–water partition coefficient (Wildman–Crippen LogP) is 4.32.